The lowest BCUT2D eigenvalue weighted by Gasteiger charge is -2.10. The molecule has 1 aromatic rings. The summed E-state index contributed by atoms with van der Waals surface area (Å²) in [5.41, 5.74) is 0.868. The third-order valence-electron chi connectivity index (χ3n) is 3.19. The molecule has 1 N–H and O–H groups in total. The van der Waals surface area contributed by atoms with Crippen LogP contribution in [0.5, 0.6) is 0 Å². The van der Waals surface area contributed by atoms with Gasteiger partial charge in [-0.3, -0.25) is 4.79 Å². The zero-order chi connectivity index (χ0) is 13.1. The van der Waals surface area contributed by atoms with Gasteiger partial charge in [0.2, 0.25) is 0 Å². The molecule has 1 aliphatic rings. The summed E-state index contributed by atoms with van der Waals surface area (Å²) in [5, 5.41) is 3.81. The molecule has 0 amide bonds. The van der Waals surface area contributed by atoms with E-state index in [0.29, 0.717) is 11.4 Å². The second-order valence-electron chi connectivity index (χ2n) is 4.43. The summed E-state index contributed by atoms with van der Waals surface area (Å²) in [6.45, 7) is 0.737. The van der Waals surface area contributed by atoms with Crippen molar-refractivity contribution >= 4 is 33.3 Å². The third kappa shape index (κ3) is 3.32. The third-order valence-corrected chi connectivity index (χ3v) is 4.04. The van der Waals surface area contributed by atoms with E-state index in [2.05, 4.69) is 21.2 Å². The van der Waals surface area contributed by atoms with Crippen LogP contribution in [-0.2, 0) is 16.0 Å². The smallest absolute Gasteiger partial charge is 0.154 e. The second kappa shape index (κ2) is 6.15. The first-order chi connectivity index (χ1) is 8.60. The minimum atomic E-state index is -0.116. The van der Waals surface area contributed by atoms with Crippen LogP contribution < -0.4 is 5.32 Å². The Morgan fingerprint density at radius 1 is 1.61 bits per heavy atom. The van der Waals surface area contributed by atoms with Gasteiger partial charge in [-0.05, 0) is 24.1 Å². The molecule has 3 nitrogen and oxygen atoms in total. The lowest BCUT2D eigenvalue weighted by atomic mass is 10.0. The van der Waals surface area contributed by atoms with Crippen molar-refractivity contribution in [3.8, 4) is 0 Å². The molecule has 1 fully saturated rings. The Labute approximate surface area is 120 Å². The molecule has 0 radical (unpaired) electrons. The van der Waals surface area contributed by atoms with Crippen LogP contribution in [0.15, 0.2) is 22.7 Å². The van der Waals surface area contributed by atoms with E-state index in [1.54, 1.807) is 7.11 Å². The van der Waals surface area contributed by atoms with Crippen LogP contribution in [0, 0.1) is 0 Å². The molecule has 2 atom stereocenters. The van der Waals surface area contributed by atoms with Crippen molar-refractivity contribution in [2.24, 2.45) is 0 Å². The Hall–Kier alpha value is -0.420. The molecule has 0 aromatic heterocycles. The predicted octanol–water partition coefficient (Wildman–Crippen LogP) is 2.59. The monoisotopic (exact) mass is 331 g/mol. The number of carbonyl (C=O) groups is 1. The first-order valence-corrected chi connectivity index (χ1v) is 7.00. The van der Waals surface area contributed by atoms with Crippen LogP contribution in [0.4, 0.5) is 0 Å². The molecule has 98 valence electrons. The molecule has 2 unspecified atom stereocenters. The van der Waals surface area contributed by atoms with E-state index in [1.165, 1.54) is 0 Å². The lowest BCUT2D eigenvalue weighted by molar-refractivity contribution is -0.120. The fourth-order valence-corrected chi connectivity index (χ4v) is 2.84. The van der Waals surface area contributed by atoms with Crippen LogP contribution in [0.1, 0.15) is 12.0 Å². The highest BCUT2D eigenvalue weighted by Crippen LogP contribution is 2.23. The van der Waals surface area contributed by atoms with Gasteiger partial charge in [0.1, 0.15) is 0 Å². The van der Waals surface area contributed by atoms with Crippen LogP contribution in [0.2, 0.25) is 5.02 Å². The zero-order valence-electron chi connectivity index (χ0n) is 10.1. The average Bonchev–Trinajstić information content (AvgIpc) is 2.81. The van der Waals surface area contributed by atoms with Gasteiger partial charge in [-0.15, -0.1) is 0 Å². The van der Waals surface area contributed by atoms with Crippen molar-refractivity contribution in [1.29, 1.82) is 0 Å². The van der Waals surface area contributed by atoms with Gasteiger partial charge in [-0.2, -0.15) is 0 Å². The van der Waals surface area contributed by atoms with Crippen molar-refractivity contribution in [3.63, 3.8) is 0 Å². The maximum Gasteiger partial charge on any atom is 0.154 e. The quantitative estimate of drug-likeness (QED) is 0.921. The van der Waals surface area contributed by atoms with E-state index in [0.717, 1.165) is 23.0 Å². The summed E-state index contributed by atoms with van der Waals surface area (Å²) in [7, 11) is 1.67. The summed E-state index contributed by atoms with van der Waals surface area (Å²) in [6.07, 6.45) is 1.24. The van der Waals surface area contributed by atoms with Gasteiger partial charge in [-0.1, -0.05) is 33.6 Å². The van der Waals surface area contributed by atoms with Gasteiger partial charge in [0.05, 0.1) is 12.1 Å². The number of ether oxygens (including phenoxy) is 1. The Morgan fingerprint density at radius 2 is 2.39 bits per heavy atom. The van der Waals surface area contributed by atoms with Crippen molar-refractivity contribution < 1.29 is 9.53 Å². The first kappa shape index (κ1) is 14.0. The maximum absolute atomic E-state index is 12.1. The summed E-state index contributed by atoms with van der Waals surface area (Å²) in [6, 6.07) is 5.47. The van der Waals surface area contributed by atoms with E-state index in [-0.39, 0.29) is 17.9 Å². The van der Waals surface area contributed by atoms with Crippen molar-refractivity contribution in [2.75, 3.05) is 13.7 Å². The largest absolute Gasteiger partial charge is 0.380 e. The highest BCUT2D eigenvalue weighted by atomic mass is 79.9. The van der Waals surface area contributed by atoms with E-state index < -0.39 is 0 Å². The standard InChI is InChI=1S/C13H15BrClNO2/c1-18-10-6-12(16-7-10)13(17)4-8-2-3-9(14)5-11(8)15/h2-3,5,10,12,16H,4,6-7H2,1H3. The molecule has 18 heavy (non-hydrogen) atoms. The van der Waals surface area contributed by atoms with E-state index in [9.17, 15) is 4.79 Å². The molecule has 5 heteroatoms. The SMILES string of the molecule is COC1CNC(C(=O)Cc2ccc(Br)cc2Cl)C1. The van der Waals surface area contributed by atoms with Crippen LogP contribution in [0.25, 0.3) is 0 Å². The molecule has 1 aromatic carbocycles. The Morgan fingerprint density at radius 3 is 3.00 bits per heavy atom. The fourth-order valence-electron chi connectivity index (χ4n) is 2.10. The number of hydrogen-bond donors (Lipinski definition) is 1. The Kier molecular flexibility index (Phi) is 4.78. The van der Waals surface area contributed by atoms with Gasteiger partial charge in [0.15, 0.2) is 5.78 Å². The zero-order valence-corrected chi connectivity index (χ0v) is 12.4. The summed E-state index contributed by atoms with van der Waals surface area (Å²) >= 11 is 9.46. The molecule has 1 aliphatic heterocycles. The van der Waals surface area contributed by atoms with Crippen LogP contribution in [-0.4, -0.2) is 31.6 Å². The molecule has 0 saturated carbocycles. The Bertz CT molecular complexity index is 453. The van der Waals surface area contributed by atoms with Crippen molar-refractivity contribution in [2.45, 2.75) is 25.0 Å². The number of benzene rings is 1. The number of rotatable bonds is 4. The maximum atomic E-state index is 12.1. The fraction of sp³-hybridized carbons (Fsp3) is 0.462. The first-order valence-electron chi connectivity index (χ1n) is 5.83. The molecule has 0 spiro atoms. The normalized spacial score (nSPS) is 23.3. The van der Waals surface area contributed by atoms with Crippen molar-refractivity contribution in [3.05, 3.63) is 33.3 Å². The summed E-state index contributed by atoms with van der Waals surface area (Å²) < 4.78 is 6.15. The molecule has 2 rings (SSSR count). The van der Waals surface area contributed by atoms with Gasteiger partial charge < -0.3 is 10.1 Å². The number of halogens is 2. The minimum absolute atomic E-state index is 0.116. The van der Waals surface area contributed by atoms with Crippen LogP contribution in [0.3, 0.4) is 0 Å². The minimum Gasteiger partial charge on any atom is -0.380 e. The highest BCUT2D eigenvalue weighted by Gasteiger charge is 2.29. The number of Topliss-reactive ketones (excluding diaryl/α,β-unsaturated/α-hetero) is 1. The van der Waals surface area contributed by atoms with Crippen molar-refractivity contribution in [1.82, 2.24) is 5.32 Å². The number of carbonyl (C=O) groups excluding carboxylic acids is 1. The topological polar surface area (TPSA) is 38.3 Å². The van der Waals surface area contributed by atoms with E-state index >= 15 is 0 Å². The second-order valence-corrected chi connectivity index (χ2v) is 5.76. The van der Waals surface area contributed by atoms with E-state index in [4.69, 9.17) is 16.3 Å². The molecule has 1 heterocycles. The van der Waals surface area contributed by atoms with Gasteiger partial charge in [0.25, 0.3) is 0 Å². The number of ketones is 1. The number of nitrogens with one attached hydrogen (secondary N) is 1. The predicted molar refractivity (Wildman–Crippen MR) is 75.1 cm³/mol. The Balaban J connectivity index is 1.99. The molecular formula is C13H15BrClNO2. The van der Waals surface area contributed by atoms with E-state index in [1.807, 2.05) is 18.2 Å². The van der Waals surface area contributed by atoms with Gasteiger partial charge in [-0.25, -0.2) is 0 Å². The summed E-state index contributed by atoms with van der Waals surface area (Å²) in [5.74, 6) is 0.166. The summed E-state index contributed by atoms with van der Waals surface area (Å²) in [4.78, 5) is 12.1. The number of hydrogen-bond acceptors (Lipinski definition) is 3. The molecule has 0 bridgehead atoms. The number of methoxy groups -OCH3 is 1. The molecule has 1 saturated heterocycles. The lowest BCUT2D eigenvalue weighted by Crippen LogP contribution is -2.31. The van der Waals surface area contributed by atoms with Crippen LogP contribution >= 0.6 is 27.5 Å². The molecule has 0 aliphatic carbocycles. The molecular weight excluding hydrogens is 318 g/mol. The van der Waals surface area contributed by atoms with Gasteiger partial charge >= 0.3 is 0 Å². The highest BCUT2D eigenvalue weighted by molar-refractivity contribution is 9.10. The average molecular weight is 333 g/mol. The van der Waals surface area contributed by atoms with Gasteiger partial charge in [0, 0.05) is 29.6 Å².